The van der Waals surface area contributed by atoms with Crippen LogP contribution in [0.4, 0.5) is 0 Å². The average Bonchev–Trinajstić information content (AvgIpc) is 2.33. The van der Waals surface area contributed by atoms with E-state index in [1.807, 2.05) is 11.8 Å². The smallest absolute Gasteiger partial charge is 0.225 e. The molecule has 92 valence electrons. The lowest BCUT2D eigenvalue weighted by Crippen LogP contribution is -2.48. The van der Waals surface area contributed by atoms with Crippen LogP contribution in [0.2, 0.25) is 0 Å². The maximum Gasteiger partial charge on any atom is 0.225 e. The molecular formula is C12H22N2O2. The second-order valence-electron chi connectivity index (χ2n) is 5.14. The van der Waals surface area contributed by atoms with Crippen LogP contribution in [0.15, 0.2) is 0 Å². The van der Waals surface area contributed by atoms with Crippen molar-refractivity contribution in [2.45, 2.75) is 32.3 Å². The highest BCUT2D eigenvalue weighted by atomic mass is 16.3. The predicted molar refractivity (Wildman–Crippen MR) is 62.0 cm³/mol. The Morgan fingerprint density at radius 3 is 2.62 bits per heavy atom. The molecule has 0 unspecified atom stereocenters. The van der Waals surface area contributed by atoms with Gasteiger partial charge in [0, 0.05) is 19.0 Å². The fraction of sp³-hybridized carbons (Fsp3) is 0.917. The topological polar surface area (TPSA) is 52.6 Å². The number of rotatable bonds is 1. The minimum Gasteiger partial charge on any atom is -0.393 e. The van der Waals surface area contributed by atoms with E-state index in [-0.39, 0.29) is 17.9 Å². The Balaban J connectivity index is 1.89. The quantitative estimate of drug-likeness (QED) is 0.672. The van der Waals surface area contributed by atoms with Gasteiger partial charge in [0.25, 0.3) is 0 Å². The highest BCUT2D eigenvalue weighted by Crippen LogP contribution is 2.21. The van der Waals surface area contributed by atoms with Crippen molar-refractivity contribution in [2.24, 2.45) is 11.8 Å². The van der Waals surface area contributed by atoms with Gasteiger partial charge in [-0.05, 0) is 38.3 Å². The van der Waals surface area contributed by atoms with Crippen molar-refractivity contribution in [3.63, 3.8) is 0 Å². The molecule has 2 aliphatic rings. The third kappa shape index (κ3) is 2.55. The van der Waals surface area contributed by atoms with Crippen LogP contribution in [0.5, 0.6) is 0 Å². The minimum absolute atomic E-state index is 0.212. The number of nitrogens with one attached hydrogen (secondary N) is 1. The number of likely N-dealkylation sites (tertiary alicyclic amines) is 1. The zero-order valence-corrected chi connectivity index (χ0v) is 9.98. The van der Waals surface area contributed by atoms with E-state index in [0.29, 0.717) is 5.91 Å². The lowest BCUT2D eigenvalue weighted by atomic mass is 9.92. The monoisotopic (exact) mass is 226 g/mol. The second kappa shape index (κ2) is 5.15. The third-order valence-corrected chi connectivity index (χ3v) is 3.86. The van der Waals surface area contributed by atoms with Gasteiger partial charge in [0.2, 0.25) is 5.91 Å². The van der Waals surface area contributed by atoms with Crippen LogP contribution in [-0.2, 0) is 4.79 Å². The summed E-state index contributed by atoms with van der Waals surface area (Å²) < 4.78 is 0. The number of nitrogens with zero attached hydrogens (tertiary/aromatic N) is 1. The van der Waals surface area contributed by atoms with Gasteiger partial charge in [-0.2, -0.15) is 0 Å². The first-order valence-corrected chi connectivity index (χ1v) is 6.36. The SMILES string of the molecule is C[C@@H]1CN(C(=O)C2CCNCC2)CC[C@@H]1O. The molecule has 0 spiro atoms. The third-order valence-electron chi connectivity index (χ3n) is 3.86. The first-order chi connectivity index (χ1) is 7.68. The molecule has 0 aromatic heterocycles. The number of carbonyl (C=O) groups is 1. The van der Waals surface area contributed by atoms with Gasteiger partial charge in [-0.1, -0.05) is 6.92 Å². The standard InChI is InChI=1S/C12H22N2O2/c1-9-8-14(7-4-11(9)15)12(16)10-2-5-13-6-3-10/h9-11,13,15H,2-8H2,1H3/t9-,11+/m1/s1. The summed E-state index contributed by atoms with van der Waals surface area (Å²) in [5.41, 5.74) is 0. The molecule has 0 aromatic carbocycles. The Morgan fingerprint density at radius 2 is 2.00 bits per heavy atom. The lowest BCUT2D eigenvalue weighted by molar-refractivity contribution is -0.139. The van der Waals surface area contributed by atoms with Crippen LogP contribution in [0.25, 0.3) is 0 Å². The van der Waals surface area contributed by atoms with Crippen molar-refractivity contribution < 1.29 is 9.90 Å². The molecule has 16 heavy (non-hydrogen) atoms. The summed E-state index contributed by atoms with van der Waals surface area (Å²) in [4.78, 5) is 14.2. The molecule has 0 aliphatic carbocycles. The lowest BCUT2D eigenvalue weighted by Gasteiger charge is -2.37. The molecule has 2 rings (SSSR count). The molecule has 0 saturated carbocycles. The summed E-state index contributed by atoms with van der Waals surface area (Å²) >= 11 is 0. The summed E-state index contributed by atoms with van der Waals surface area (Å²) in [5, 5.41) is 12.9. The average molecular weight is 226 g/mol. The number of hydrogen-bond acceptors (Lipinski definition) is 3. The van der Waals surface area contributed by atoms with Gasteiger partial charge in [-0.25, -0.2) is 0 Å². The molecule has 4 heteroatoms. The maximum absolute atomic E-state index is 12.2. The summed E-state index contributed by atoms with van der Waals surface area (Å²) in [5.74, 6) is 0.739. The van der Waals surface area contributed by atoms with Gasteiger partial charge in [-0.3, -0.25) is 4.79 Å². The molecule has 2 saturated heterocycles. The molecule has 2 heterocycles. The molecule has 2 N–H and O–H groups in total. The van der Waals surface area contributed by atoms with E-state index in [9.17, 15) is 9.90 Å². The molecule has 2 fully saturated rings. The van der Waals surface area contributed by atoms with Crippen LogP contribution in [0, 0.1) is 11.8 Å². The number of aliphatic hydroxyl groups is 1. The van der Waals surface area contributed by atoms with Crippen LogP contribution < -0.4 is 5.32 Å². The van der Waals surface area contributed by atoms with E-state index >= 15 is 0 Å². The van der Waals surface area contributed by atoms with E-state index < -0.39 is 0 Å². The molecular weight excluding hydrogens is 204 g/mol. The minimum atomic E-state index is -0.225. The predicted octanol–water partition coefficient (Wildman–Crippen LogP) is 0.215. The van der Waals surface area contributed by atoms with Crippen molar-refractivity contribution in [1.29, 1.82) is 0 Å². The summed E-state index contributed by atoms with van der Waals surface area (Å²) in [6.07, 6.45) is 2.44. The van der Waals surface area contributed by atoms with Crippen molar-refractivity contribution in [3.05, 3.63) is 0 Å². The largest absolute Gasteiger partial charge is 0.393 e. The van der Waals surface area contributed by atoms with Gasteiger partial charge < -0.3 is 15.3 Å². The number of amides is 1. The summed E-state index contributed by atoms with van der Waals surface area (Å²) in [6.45, 7) is 5.40. The number of piperidine rings is 2. The van der Waals surface area contributed by atoms with Crippen molar-refractivity contribution >= 4 is 5.91 Å². The normalized spacial score (nSPS) is 32.8. The van der Waals surface area contributed by atoms with Crippen LogP contribution in [0.3, 0.4) is 0 Å². The van der Waals surface area contributed by atoms with Gasteiger partial charge in [-0.15, -0.1) is 0 Å². The highest BCUT2D eigenvalue weighted by Gasteiger charge is 2.31. The molecule has 1 amide bonds. The van der Waals surface area contributed by atoms with Crippen LogP contribution in [0.1, 0.15) is 26.2 Å². The first-order valence-electron chi connectivity index (χ1n) is 6.36. The summed E-state index contributed by atoms with van der Waals surface area (Å²) in [7, 11) is 0. The van der Waals surface area contributed by atoms with Crippen LogP contribution in [-0.4, -0.2) is 48.2 Å². The Morgan fingerprint density at radius 1 is 1.31 bits per heavy atom. The van der Waals surface area contributed by atoms with Crippen molar-refractivity contribution in [1.82, 2.24) is 10.2 Å². The molecule has 2 aliphatic heterocycles. The van der Waals surface area contributed by atoms with Crippen LogP contribution >= 0.6 is 0 Å². The zero-order chi connectivity index (χ0) is 11.5. The molecule has 0 radical (unpaired) electrons. The van der Waals surface area contributed by atoms with Gasteiger partial charge >= 0.3 is 0 Å². The van der Waals surface area contributed by atoms with E-state index in [1.54, 1.807) is 0 Å². The Kier molecular flexibility index (Phi) is 3.82. The molecule has 0 bridgehead atoms. The molecule has 0 aromatic rings. The molecule has 2 atom stereocenters. The van der Waals surface area contributed by atoms with E-state index in [2.05, 4.69) is 5.32 Å². The zero-order valence-electron chi connectivity index (χ0n) is 9.98. The Bertz CT molecular complexity index is 251. The number of aliphatic hydroxyl groups excluding tert-OH is 1. The van der Waals surface area contributed by atoms with Gasteiger partial charge in [0.1, 0.15) is 0 Å². The highest BCUT2D eigenvalue weighted by molar-refractivity contribution is 5.79. The molecule has 4 nitrogen and oxygen atoms in total. The van der Waals surface area contributed by atoms with Gasteiger partial charge in [0.15, 0.2) is 0 Å². The van der Waals surface area contributed by atoms with Crippen molar-refractivity contribution in [3.8, 4) is 0 Å². The van der Waals surface area contributed by atoms with E-state index in [1.165, 1.54) is 0 Å². The van der Waals surface area contributed by atoms with E-state index in [4.69, 9.17) is 0 Å². The fourth-order valence-electron chi connectivity index (χ4n) is 2.66. The number of carbonyl (C=O) groups excluding carboxylic acids is 1. The second-order valence-corrected chi connectivity index (χ2v) is 5.14. The maximum atomic E-state index is 12.2. The first kappa shape index (κ1) is 11.9. The van der Waals surface area contributed by atoms with E-state index in [0.717, 1.165) is 45.4 Å². The fourth-order valence-corrected chi connectivity index (χ4v) is 2.66. The van der Waals surface area contributed by atoms with Crippen molar-refractivity contribution in [2.75, 3.05) is 26.2 Å². The number of hydrogen-bond donors (Lipinski definition) is 2. The Hall–Kier alpha value is -0.610. The summed E-state index contributed by atoms with van der Waals surface area (Å²) in [6, 6.07) is 0. The Labute approximate surface area is 97.0 Å². The van der Waals surface area contributed by atoms with Gasteiger partial charge in [0.05, 0.1) is 6.10 Å².